The predicted octanol–water partition coefficient (Wildman–Crippen LogP) is 1.33. The third-order valence-electron chi connectivity index (χ3n) is 2.90. The quantitative estimate of drug-likeness (QED) is 0.679. The van der Waals surface area contributed by atoms with E-state index in [0.717, 1.165) is 19.0 Å². The van der Waals surface area contributed by atoms with Crippen molar-refractivity contribution in [3.05, 3.63) is 0 Å². The van der Waals surface area contributed by atoms with Gasteiger partial charge in [0.05, 0.1) is 6.54 Å². The van der Waals surface area contributed by atoms with E-state index in [1.54, 1.807) is 0 Å². The van der Waals surface area contributed by atoms with Gasteiger partial charge in [-0.05, 0) is 45.3 Å². The van der Waals surface area contributed by atoms with Gasteiger partial charge in [-0.3, -0.25) is 4.90 Å². The molecule has 1 rings (SSSR count). The van der Waals surface area contributed by atoms with Gasteiger partial charge in [-0.1, -0.05) is 12.8 Å². The zero-order valence-electron chi connectivity index (χ0n) is 9.47. The van der Waals surface area contributed by atoms with Crippen LogP contribution in [-0.2, 0) is 0 Å². The molecular formula is C12H22N2. The van der Waals surface area contributed by atoms with Crippen LogP contribution in [0.3, 0.4) is 0 Å². The Morgan fingerprint density at radius 2 is 2.07 bits per heavy atom. The number of nitrogens with zero attached hydrogens (tertiary/aromatic N) is 1. The van der Waals surface area contributed by atoms with Crippen molar-refractivity contribution in [1.82, 2.24) is 10.2 Å². The molecule has 0 radical (unpaired) electrons. The fraction of sp³-hybridized carbons (Fsp3) is 0.833. The average molecular weight is 194 g/mol. The first-order valence-electron chi connectivity index (χ1n) is 5.69. The molecule has 0 spiro atoms. The lowest BCUT2D eigenvalue weighted by atomic mass is 9.97. The van der Waals surface area contributed by atoms with Gasteiger partial charge in [0.15, 0.2) is 0 Å². The highest BCUT2D eigenvalue weighted by molar-refractivity contribution is 4.97. The molecule has 2 nitrogen and oxygen atoms in total. The van der Waals surface area contributed by atoms with Crippen LogP contribution in [0.2, 0.25) is 0 Å². The van der Waals surface area contributed by atoms with E-state index in [1.165, 1.54) is 32.5 Å². The highest BCUT2D eigenvalue weighted by atomic mass is 15.1. The summed E-state index contributed by atoms with van der Waals surface area (Å²) in [7, 11) is 0. The van der Waals surface area contributed by atoms with Gasteiger partial charge >= 0.3 is 0 Å². The molecule has 1 aliphatic rings. The Kier molecular flexibility index (Phi) is 5.66. The van der Waals surface area contributed by atoms with Crippen LogP contribution < -0.4 is 5.32 Å². The molecule has 1 saturated heterocycles. The Hall–Kier alpha value is -0.520. The van der Waals surface area contributed by atoms with Gasteiger partial charge in [-0.25, -0.2) is 0 Å². The van der Waals surface area contributed by atoms with Gasteiger partial charge in [-0.2, -0.15) is 0 Å². The van der Waals surface area contributed by atoms with Crippen LogP contribution in [-0.4, -0.2) is 37.6 Å². The van der Waals surface area contributed by atoms with E-state index in [4.69, 9.17) is 0 Å². The molecule has 0 aromatic carbocycles. The summed E-state index contributed by atoms with van der Waals surface area (Å²) in [5, 5.41) is 3.40. The second-order valence-electron chi connectivity index (χ2n) is 3.95. The summed E-state index contributed by atoms with van der Waals surface area (Å²) < 4.78 is 0. The van der Waals surface area contributed by atoms with Gasteiger partial charge in [0.25, 0.3) is 0 Å². The molecule has 2 heteroatoms. The smallest absolute Gasteiger partial charge is 0.0601 e. The minimum absolute atomic E-state index is 0.884. The van der Waals surface area contributed by atoms with Crippen molar-refractivity contribution in [3.8, 4) is 11.8 Å². The second-order valence-corrected chi connectivity index (χ2v) is 3.95. The van der Waals surface area contributed by atoms with Gasteiger partial charge in [0.2, 0.25) is 0 Å². The summed E-state index contributed by atoms with van der Waals surface area (Å²) in [5.74, 6) is 7.00. The monoisotopic (exact) mass is 194 g/mol. The fourth-order valence-corrected chi connectivity index (χ4v) is 1.93. The second kappa shape index (κ2) is 6.86. The number of piperidine rings is 1. The summed E-state index contributed by atoms with van der Waals surface area (Å²) >= 11 is 0. The van der Waals surface area contributed by atoms with Crippen LogP contribution in [0.4, 0.5) is 0 Å². The molecule has 0 amide bonds. The standard InChI is InChI=1S/C12H22N2/c1-3-5-10-14(4-2)11-12-6-8-13-9-7-12/h12-13H,4,6-11H2,1-2H3. The van der Waals surface area contributed by atoms with E-state index in [0.29, 0.717) is 0 Å². The molecule has 1 aliphatic heterocycles. The molecule has 1 fully saturated rings. The number of nitrogens with one attached hydrogen (secondary N) is 1. The average Bonchev–Trinajstić information content (AvgIpc) is 2.25. The summed E-state index contributed by atoms with van der Waals surface area (Å²) in [6, 6.07) is 0. The van der Waals surface area contributed by atoms with Crippen LogP contribution in [0.25, 0.3) is 0 Å². The molecule has 14 heavy (non-hydrogen) atoms. The molecule has 0 aromatic rings. The summed E-state index contributed by atoms with van der Waals surface area (Å²) in [6.45, 7) is 9.82. The third kappa shape index (κ3) is 4.13. The summed E-state index contributed by atoms with van der Waals surface area (Å²) in [4.78, 5) is 2.45. The fourth-order valence-electron chi connectivity index (χ4n) is 1.93. The molecular weight excluding hydrogens is 172 g/mol. The minimum atomic E-state index is 0.884. The minimum Gasteiger partial charge on any atom is -0.317 e. The van der Waals surface area contributed by atoms with E-state index < -0.39 is 0 Å². The van der Waals surface area contributed by atoms with Crippen LogP contribution in [0.1, 0.15) is 26.7 Å². The first-order valence-corrected chi connectivity index (χ1v) is 5.69. The Morgan fingerprint density at radius 1 is 1.36 bits per heavy atom. The highest BCUT2D eigenvalue weighted by Gasteiger charge is 2.15. The molecule has 0 saturated carbocycles. The molecule has 0 bridgehead atoms. The van der Waals surface area contributed by atoms with Gasteiger partial charge in [0.1, 0.15) is 0 Å². The SMILES string of the molecule is CC#CCN(CC)CC1CCNCC1. The Balaban J connectivity index is 2.25. The van der Waals surface area contributed by atoms with E-state index in [1.807, 2.05) is 6.92 Å². The molecule has 1 N–H and O–H groups in total. The van der Waals surface area contributed by atoms with Crippen molar-refractivity contribution < 1.29 is 0 Å². The van der Waals surface area contributed by atoms with Gasteiger partial charge in [0, 0.05) is 6.54 Å². The molecule has 1 heterocycles. The van der Waals surface area contributed by atoms with Crippen molar-refractivity contribution in [2.24, 2.45) is 5.92 Å². The normalized spacial score (nSPS) is 17.9. The lowest BCUT2D eigenvalue weighted by molar-refractivity contribution is 0.233. The first-order chi connectivity index (χ1) is 6.86. The van der Waals surface area contributed by atoms with Crippen LogP contribution in [0, 0.1) is 17.8 Å². The molecule has 0 aliphatic carbocycles. The third-order valence-corrected chi connectivity index (χ3v) is 2.90. The maximum absolute atomic E-state index is 3.40. The van der Waals surface area contributed by atoms with E-state index in [-0.39, 0.29) is 0 Å². The largest absolute Gasteiger partial charge is 0.317 e. The predicted molar refractivity (Wildman–Crippen MR) is 61.2 cm³/mol. The maximum atomic E-state index is 3.40. The maximum Gasteiger partial charge on any atom is 0.0601 e. The molecule has 80 valence electrons. The Morgan fingerprint density at radius 3 is 2.64 bits per heavy atom. The molecule has 0 atom stereocenters. The number of hydrogen-bond donors (Lipinski definition) is 1. The number of rotatable bonds is 4. The Labute approximate surface area is 88.1 Å². The van der Waals surface area contributed by atoms with Crippen molar-refractivity contribution in [2.45, 2.75) is 26.7 Å². The number of hydrogen-bond acceptors (Lipinski definition) is 2. The topological polar surface area (TPSA) is 15.3 Å². The molecule has 0 aromatic heterocycles. The van der Waals surface area contributed by atoms with Gasteiger partial charge < -0.3 is 5.32 Å². The van der Waals surface area contributed by atoms with Gasteiger partial charge in [-0.15, -0.1) is 5.92 Å². The molecule has 0 unspecified atom stereocenters. The highest BCUT2D eigenvalue weighted by Crippen LogP contribution is 2.12. The van der Waals surface area contributed by atoms with Crippen molar-refractivity contribution >= 4 is 0 Å². The van der Waals surface area contributed by atoms with Crippen LogP contribution in [0.15, 0.2) is 0 Å². The Bertz CT molecular complexity index is 196. The zero-order chi connectivity index (χ0) is 10.2. The van der Waals surface area contributed by atoms with Crippen molar-refractivity contribution in [1.29, 1.82) is 0 Å². The van der Waals surface area contributed by atoms with E-state index >= 15 is 0 Å². The van der Waals surface area contributed by atoms with Crippen molar-refractivity contribution in [3.63, 3.8) is 0 Å². The summed E-state index contributed by atoms with van der Waals surface area (Å²) in [5.41, 5.74) is 0. The van der Waals surface area contributed by atoms with E-state index in [2.05, 4.69) is 29.0 Å². The summed E-state index contributed by atoms with van der Waals surface area (Å²) in [6.07, 6.45) is 2.66. The van der Waals surface area contributed by atoms with Crippen LogP contribution >= 0.6 is 0 Å². The zero-order valence-corrected chi connectivity index (χ0v) is 9.47. The van der Waals surface area contributed by atoms with Crippen molar-refractivity contribution in [2.75, 3.05) is 32.7 Å². The lowest BCUT2D eigenvalue weighted by Crippen LogP contribution is -2.36. The lowest BCUT2D eigenvalue weighted by Gasteiger charge is -2.28. The first kappa shape index (κ1) is 11.6. The van der Waals surface area contributed by atoms with E-state index in [9.17, 15) is 0 Å². The van der Waals surface area contributed by atoms with Crippen LogP contribution in [0.5, 0.6) is 0 Å².